The largest absolute Gasteiger partial charge is 0.508 e. The van der Waals surface area contributed by atoms with Gasteiger partial charge >= 0.3 is 5.97 Å². The van der Waals surface area contributed by atoms with E-state index < -0.39 is 0 Å². The van der Waals surface area contributed by atoms with Crippen molar-refractivity contribution >= 4 is 17.6 Å². The Balaban J connectivity index is 1.41. The molecule has 0 aromatic heterocycles. The van der Waals surface area contributed by atoms with Gasteiger partial charge in [0, 0.05) is 22.6 Å². The molecule has 0 aliphatic heterocycles. The van der Waals surface area contributed by atoms with Crippen LogP contribution in [0.2, 0.25) is 5.02 Å². The van der Waals surface area contributed by atoms with Gasteiger partial charge in [-0.05, 0) is 104 Å². The number of hydrogen-bond acceptors (Lipinski definition) is 3. The molecule has 0 amide bonds. The zero-order valence-electron chi connectivity index (χ0n) is 18.2. The van der Waals surface area contributed by atoms with Crippen molar-refractivity contribution in [3.63, 3.8) is 0 Å². The maximum Gasteiger partial charge on any atom is 0.306 e. The molecule has 164 valence electrons. The van der Waals surface area contributed by atoms with Crippen LogP contribution in [0.4, 0.5) is 0 Å². The maximum atomic E-state index is 11.6. The third-order valence-corrected chi connectivity index (χ3v) is 8.19. The van der Waals surface area contributed by atoms with E-state index in [1.807, 2.05) is 37.3 Å². The predicted molar refractivity (Wildman–Crippen MR) is 123 cm³/mol. The van der Waals surface area contributed by atoms with Gasteiger partial charge in [0.15, 0.2) is 0 Å². The first-order chi connectivity index (χ1) is 15.0. The zero-order chi connectivity index (χ0) is 21.6. The predicted octanol–water partition coefficient (Wildman–Crippen LogP) is 6.68. The summed E-state index contributed by atoms with van der Waals surface area (Å²) < 4.78 is 5.02. The number of carbonyl (C=O) groups is 1. The smallest absolute Gasteiger partial charge is 0.306 e. The molecule has 4 fully saturated rings. The fourth-order valence-electron chi connectivity index (χ4n) is 7.00. The molecule has 0 saturated heterocycles. The molecule has 3 nitrogen and oxygen atoms in total. The van der Waals surface area contributed by atoms with Gasteiger partial charge in [0.25, 0.3) is 0 Å². The normalized spacial score (nSPS) is 28.6. The number of carbonyl (C=O) groups excluding carboxylic acids is 1. The molecular weight excluding hydrogens is 408 g/mol. The van der Waals surface area contributed by atoms with Crippen molar-refractivity contribution in [2.75, 3.05) is 6.61 Å². The molecule has 6 rings (SSSR count). The second kappa shape index (κ2) is 8.16. The number of hydrogen-bond donors (Lipinski definition) is 1. The summed E-state index contributed by atoms with van der Waals surface area (Å²) in [6, 6.07) is 12.1. The van der Waals surface area contributed by atoms with E-state index in [1.165, 1.54) is 38.5 Å². The summed E-state index contributed by atoms with van der Waals surface area (Å²) in [5.41, 5.74) is 4.34. The summed E-state index contributed by atoms with van der Waals surface area (Å²) >= 11 is 6.67. The molecule has 0 atom stereocenters. The van der Waals surface area contributed by atoms with Crippen molar-refractivity contribution in [2.24, 2.45) is 17.8 Å². The minimum absolute atomic E-state index is 0.140. The highest BCUT2D eigenvalue weighted by Gasteiger charge is 2.52. The van der Waals surface area contributed by atoms with E-state index in [0.717, 1.165) is 40.0 Å². The van der Waals surface area contributed by atoms with Gasteiger partial charge in [0.2, 0.25) is 0 Å². The van der Waals surface area contributed by atoms with E-state index in [9.17, 15) is 9.90 Å². The molecule has 0 radical (unpaired) electrons. The third kappa shape index (κ3) is 3.98. The molecule has 2 aromatic carbocycles. The van der Waals surface area contributed by atoms with Crippen LogP contribution in [0.25, 0.3) is 11.1 Å². The first kappa shape index (κ1) is 20.9. The highest BCUT2D eigenvalue weighted by Crippen LogP contribution is 2.62. The lowest BCUT2D eigenvalue weighted by atomic mass is 9.48. The van der Waals surface area contributed by atoms with Crippen molar-refractivity contribution in [3.05, 3.63) is 52.5 Å². The summed E-state index contributed by atoms with van der Waals surface area (Å²) in [5.74, 6) is 2.75. The highest BCUT2D eigenvalue weighted by atomic mass is 35.5. The number of phenolic OH excluding ortho intramolecular Hbond substituents is 1. The molecule has 4 aliphatic carbocycles. The van der Waals surface area contributed by atoms with E-state index in [4.69, 9.17) is 16.3 Å². The van der Waals surface area contributed by atoms with E-state index >= 15 is 0 Å². The van der Waals surface area contributed by atoms with Gasteiger partial charge in [0.1, 0.15) is 5.75 Å². The molecule has 2 aromatic rings. The van der Waals surface area contributed by atoms with Crippen LogP contribution in [0.15, 0.2) is 36.4 Å². The van der Waals surface area contributed by atoms with Crippen molar-refractivity contribution in [3.8, 4) is 16.9 Å². The van der Waals surface area contributed by atoms with E-state index in [0.29, 0.717) is 30.2 Å². The summed E-state index contributed by atoms with van der Waals surface area (Å²) in [4.78, 5) is 11.6. The molecule has 4 bridgehead atoms. The second-order valence-electron chi connectivity index (χ2n) is 10.0. The van der Waals surface area contributed by atoms with Crippen LogP contribution >= 0.6 is 11.6 Å². The number of phenols is 1. The van der Waals surface area contributed by atoms with Gasteiger partial charge in [-0.1, -0.05) is 29.8 Å². The summed E-state index contributed by atoms with van der Waals surface area (Å²) in [6.07, 6.45) is 8.80. The second-order valence-corrected chi connectivity index (χ2v) is 10.5. The number of benzene rings is 2. The fraction of sp³-hybridized carbons (Fsp3) is 0.519. The molecule has 4 saturated carbocycles. The first-order valence-corrected chi connectivity index (χ1v) is 12.1. The van der Waals surface area contributed by atoms with Gasteiger partial charge in [-0.15, -0.1) is 0 Å². The Kier molecular flexibility index (Phi) is 5.50. The van der Waals surface area contributed by atoms with Crippen molar-refractivity contribution in [2.45, 2.75) is 63.7 Å². The van der Waals surface area contributed by atoms with Gasteiger partial charge in [-0.2, -0.15) is 0 Å². The molecule has 31 heavy (non-hydrogen) atoms. The van der Waals surface area contributed by atoms with Gasteiger partial charge in [-0.25, -0.2) is 0 Å². The molecule has 1 N–H and O–H groups in total. The minimum atomic E-state index is -0.179. The lowest BCUT2D eigenvalue weighted by molar-refractivity contribution is -0.143. The zero-order valence-corrected chi connectivity index (χ0v) is 19.0. The van der Waals surface area contributed by atoms with E-state index in [2.05, 4.69) is 6.07 Å². The van der Waals surface area contributed by atoms with Crippen molar-refractivity contribution in [1.82, 2.24) is 0 Å². The standard InChI is InChI=1S/C27H31ClO3/c1-2-31-26(30)8-4-17-3-6-22(24(28)12-17)21-5-7-25(29)23(13-21)27-14-18-9-19(15-27)11-20(10-18)16-27/h3,5-7,12-13,18-20,29H,2,4,8-11,14-16H2,1H3. The van der Waals surface area contributed by atoms with Crippen LogP contribution in [-0.2, 0) is 21.4 Å². The SMILES string of the molecule is CCOC(=O)CCc1ccc(-c2ccc(O)c(C34CC5CC(CC(C5)C3)C4)c2)c(Cl)c1. The van der Waals surface area contributed by atoms with Crippen molar-refractivity contribution < 1.29 is 14.6 Å². The lowest BCUT2D eigenvalue weighted by Crippen LogP contribution is -2.48. The number of aryl methyl sites for hydroxylation is 1. The molecule has 0 heterocycles. The van der Waals surface area contributed by atoms with E-state index in [1.54, 1.807) is 0 Å². The van der Waals surface area contributed by atoms with E-state index in [-0.39, 0.29) is 11.4 Å². The fourth-order valence-corrected chi connectivity index (χ4v) is 7.31. The van der Waals surface area contributed by atoms with Crippen LogP contribution in [0.5, 0.6) is 5.75 Å². The number of esters is 1. The monoisotopic (exact) mass is 438 g/mol. The third-order valence-electron chi connectivity index (χ3n) is 7.87. The van der Waals surface area contributed by atoms with Crippen molar-refractivity contribution in [1.29, 1.82) is 0 Å². The number of rotatable bonds is 6. The van der Waals surface area contributed by atoms with Crippen LogP contribution in [-0.4, -0.2) is 17.7 Å². The highest BCUT2D eigenvalue weighted by molar-refractivity contribution is 6.33. The number of ether oxygens (including phenoxy) is 1. The maximum absolute atomic E-state index is 11.6. The lowest BCUT2D eigenvalue weighted by Gasteiger charge is -2.57. The minimum Gasteiger partial charge on any atom is -0.508 e. The summed E-state index contributed by atoms with van der Waals surface area (Å²) in [7, 11) is 0. The Labute approximate surface area is 189 Å². The van der Waals surface area contributed by atoms with Crippen LogP contribution in [0.1, 0.15) is 63.0 Å². The molecule has 4 heteroatoms. The molecule has 0 unspecified atom stereocenters. The molecule has 0 spiro atoms. The molecule has 4 aliphatic rings. The van der Waals surface area contributed by atoms with Crippen LogP contribution in [0, 0.1) is 17.8 Å². The Morgan fingerprint density at radius 3 is 2.35 bits per heavy atom. The topological polar surface area (TPSA) is 46.5 Å². The quantitative estimate of drug-likeness (QED) is 0.512. The van der Waals surface area contributed by atoms with Gasteiger partial charge in [0.05, 0.1) is 6.61 Å². The van der Waals surface area contributed by atoms with Crippen LogP contribution < -0.4 is 0 Å². The number of halogens is 1. The van der Waals surface area contributed by atoms with Crippen LogP contribution in [0.3, 0.4) is 0 Å². The Morgan fingerprint density at radius 1 is 1.06 bits per heavy atom. The number of aromatic hydroxyl groups is 1. The summed E-state index contributed by atoms with van der Waals surface area (Å²) in [5, 5.41) is 11.5. The van der Waals surface area contributed by atoms with Gasteiger partial charge in [-0.3, -0.25) is 4.79 Å². The summed E-state index contributed by atoms with van der Waals surface area (Å²) in [6.45, 7) is 2.23. The Hall–Kier alpha value is -2.00. The average Bonchev–Trinajstić information content (AvgIpc) is 2.72. The molecular formula is C27H31ClO3. The Bertz CT molecular complexity index is 961. The van der Waals surface area contributed by atoms with Gasteiger partial charge < -0.3 is 9.84 Å². The average molecular weight is 439 g/mol. The first-order valence-electron chi connectivity index (χ1n) is 11.7. The Morgan fingerprint density at radius 2 is 1.74 bits per heavy atom.